The van der Waals surface area contributed by atoms with Crippen LogP contribution in [0.5, 0.6) is 0 Å². The molecule has 0 radical (unpaired) electrons. The van der Waals surface area contributed by atoms with Gasteiger partial charge in [0.1, 0.15) is 0 Å². The van der Waals surface area contributed by atoms with Crippen LogP contribution < -0.4 is 22.0 Å². The molecule has 5 N–H and O–H groups in total. The highest BCUT2D eigenvalue weighted by Crippen LogP contribution is 2.33. The minimum absolute atomic E-state index is 0.0467. The summed E-state index contributed by atoms with van der Waals surface area (Å²) in [5.41, 5.74) is 15.3. The average molecular weight is 238 g/mol. The van der Waals surface area contributed by atoms with E-state index in [1.165, 1.54) is 11.4 Å². The number of hydrogen-bond acceptors (Lipinski definition) is 6. The molecule has 0 aromatic carbocycles. The smallest absolute Gasteiger partial charge is 0.0728 e. The minimum Gasteiger partial charge on any atom is -0.315 e. The van der Waals surface area contributed by atoms with E-state index >= 15 is 0 Å². The molecule has 4 unspecified atom stereocenters. The fourth-order valence-electron chi connectivity index (χ4n) is 3.41. The van der Waals surface area contributed by atoms with Crippen LogP contribution in [-0.2, 0) is 0 Å². The lowest BCUT2D eigenvalue weighted by Crippen LogP contribution is -2.72. The molecule has 2 fully saturated rings. The van der Waals surface area contributed by atoms with Gasteiger partial charge in [-0.1, -0.05) is 0 Å². The number of nitrogens with one attached hydrogen (secondary N) is 3. The highest BCUT2D eigenvalue weighted by atomic mass is 15.7. The van der Waals surface area contributed by atoms with Crippen LogP contribution in [0, 0.1) is 0 Å². The first-order valence-electron chi connectivity index (χ1n) is 6.34. The summed E-state index contributed by atoms with van der Waals surface area (Å²) in [4.78, 5) is 2.39. The molecular weight excluding hydrogens is 216 g/mol. The molecule has 3 rings (SSSR count). The number of piperidine rings is 1. The van der Waals surface area contributed by atoms with E-state index in [1.54, 1.807) is 0 Å². The van der Waals surface area contributed by atoms with Gasteiger partial charge < -0.3 is 16.5 Å². The number of allylic oxidation sites excluding steroid dienone is 1. The third-order valence-corrected chi connectivity index (χ3v) is 4.40. The van der Waals surface area contributed by atoms with Gasteiger partial charge in [0.2, 0.25) is 0 Å². The molecule has 4 atom stereocenters. The van der Waals surface area contributed by atoms with Gasteiger partial charge in [0.05, 0.1) is 30.0 Å². The van der Waals surface area contributed by atoms with E-state index in [1.807, 2.05) is 0 Å². The number of hydrazine groups is 2. The van der Waals surface area contributed by atoms with Crippen LogP contribution in [0.15, 0.2) is 11.4 Å². The summed E-state index contributed by atoms with van der Waals surface area (Å²) in [6, 6.07) is 1.17. The first kappa shape index (κ1) is 11.3. The van der Waals surface area contributed by atoms with E-state index in [0.29, 0.717) is 18.1 Å². The molecule has 0 saturated carbocycles. The van der Waals surface area contributed by atoms with Crippen LogP contribution in [0.4, 0.5) is 0 Å². The van der Waals surface area contributed by atoms with Crippen LogP contribution in [0.2, 0.25) is 0 Å². The monoisotopic (exact) mass is 238 g/mol. The SMILES string of the molecule is CC1=C2C(C)N(C)C3C(N)NCCC3N2NN1. The minimum atomic E-state index is 0.0467. The lowest BCUT2D eigenvalue weighted by atomic mass is 9.90. The highest BCUT2D eigenvalue weighted by molar-refractivity contribution is 5.24. The normalized spacial score (nSPS) is 42.2. The van der Waals surface area contributed by atoms with E-state index in [-0.39, 0.29) is 6.17 Å². The molecule has 6 nitrogen and oxygen atoms in total. The van der Waals surface area contributed by atoms with Gasteiger partial charge in [-0.2, -0.15) is 0 Å². The largest absolute Gasteiger partial charge is 0.315 e. The van der Waals surface area contributed by atoms with Gasteiger partial charge in [0.25, 0.3) is 0 Å². The number of hydrogen-bond donors (Lipinski definition) is 4. The molecule has 0 spiro atoms. The molecule has 0 aliphatic carbocycles. The van der Waals surface area contributed by atoms with Crippen molar-refractivity contribution >= 4 is 0 Å². The number of fused-ring (bicyclic) bond motifs is 3. The molecule has 0 aromatic rings. The van der Waals surface area contributed by atoms with Gasteiger partial charge in [-0.05, 0) is 33.9 Å². The highest BCUT2D eigenvalue weighted by Gasteiger charge is 2.47. The zero-order valence-electron chi connectivity index (χ0n) is 10.7. The molecule has 2 saturated heterocycles. The Morgan fingerprint density at radius 1 is 1.41 bits per heavy atom. The topological polar surface area (TPSA) is 68.6 Å². The number of likely N-dealkylation sites (N-methyl/N-ethyl adjacent to an activating group) is 1. The quantitative estimate of drug-likeness (QED) is 0.429. The molecule has 0 aromatic heterocycles. The van der Waals surface area contributed by atoms with Crippen molar-refractivity contribution in [3.8, 4) is 0 Å². The lowest BCUT2D eigenvalue weighted by molar-refractivity contribution is -0.0202. The summed E-state index contributed by atoms with van der Waals surface area (Å²) < 4.78 is 0. The second-order valence-corrected chi connectivity index (χ2v) is 5.29. The molecule has 17 heavy (non-hydrogen) atoms. The Labute approximate surface area is 102 Å². The third kappa shape index (κ3) is 1.48. The Bertz CT molecular complexity index is 354. The summed E-state index contributed by atoms with van der Waals surface area (Å²) >= 11 is 0. The van der Waals surface area contributed by atoms with Crippen molar-refractivity contribution < 1.29 is 0 Å². The predicted octanol–water partition coefficient (Wildman–Crippen LogP) is -1.11. The second-order valence-electron chi connectivity index (χ2n) is 5.29. The van der Waals surface area contributed by atoms with Crippen LogP contribution >= 0.6 is 0 Å². The summed E-state index contributed by atoms with van der Waals surface area (Å²) in [6.45, 7) is 5.33. The Morgan fingerprint density at radius 2 is 2.18 bits per heavy atom. The van der Waals surface area contributed by atoms with E-state index in [9.17, 15) is 0 Å². The van der Waals surface area contributed by atoms with Crippen LogP contribution in [0.25, 0.3) is 0 Å². The fourth-order valence-corrected chi connectivity index (χ4v) is 3.41. The zero-order valence-corrected chi connectivity index (χ0v) is 10.7. The standard InChI is InChI=1S/C11H22N6/c1-6-9-7(2)16(3)10-8(17(9)15-14-6)4-5-13-11(10)12/h7-8,10-11,13-15H,4-5,12H2,1-3H3. The number of piperazine rings is 1. The van der Waals surface area contributed by atoms with Crippen molar-refractivity contribution in [3.05, 3.63) is 11.4 Å². The first-order valence-corrected chi connectivity index (χ1v) is 6.34. The molecular formula is C11H22N6. The van der Waals surface area contributed by atoms with Gasteiger partial charge >= 0.3 is 0 Å². The van der Waals surface area contributed by atoms with Gasteiger partial charge in [-0.15, -0.1) is 5.53 Å². The molecule has 96 valence electrons. The molecule has 0 amide bonds. The van der Waals surface area contributed by atoms with E-state index < -0.39 is 0 Å². The zero-order chi connectivity index (χ0) is 12.2. The summed E-state index contributed by atoms with van der Waals surface area (Å²) in [7, 11) is 2.17. The van der Waals surface area contributed by atoms with Crippen LogP contribution in [0.3, 0.4) is 0 Å². The molecule has 6 heteroatoms. The van der Waals surface area contributed by atoms with Crippen LogP contribution in [0.1, 0.15) is 20.3 Å². The summed E-state index contributed by atoms with van der Waals surface area (Å²) in [6.07, 6.45) is 1.16. The van der Waals surface area contributed by atoms with Gasteiger partial charge in [0.15, 0.2) is 0 Å². The Balaban J connectivity index is 1.97. The maximum Gasteiger partial charge on any atom is 0.0728 e. The molecule has 0 bridgehead atoms. The molecule has 3 heterocycles. The van der Waals surface area contributed by atoms with Crippen molar-refractivity contribution in [3.63, 3.8) is 0 Å². The predicted molar refractivity (Wildman–Crippen MR) is 66.2 cm³/mol. The van der Waals surface area contributed by atoms with E-state index in [2.05, 4.69) is 47.1 Å². The van der Waals surface area contributed by atoms with Crippen molar-refractivity contribution in [2.45, 2.75) is 44.6 Å². The lowest BCUT2D eigenvalue weighted by Gasteiger charge is -2.53. The van der Waals surface area contributed by atoms with Gasteiger partial charge in [-0.3, -0.25) is 9.91 Å². The number of nitrogens with zero attached hydrogens (tertiary/aromatic N) is 2. The fraction of sp³-hybridized carbons (Fsp3) is 0.818. The second kappa shape index (κ2) is 3.84. The molecule has 3 aliphatic rings. The van der Waals surface area contributed by atoms with E-state index in [4.69, 9.17) is 5.73 Å². The van der Waals surface area contributed by atoms with Crippen molar-refractivity contribution in [1.82, 2.24) is 26.2 Å². The van der Waals surface area contributed by atoms with Crippen molar-refractivity contribution in [1.29, 1.82) is 0 Å². The number of nitrogens with two attached hydrogens (primary N) is 1. The van der Waals surface area contributed by atoms with Crippen LogP contribution in [-0.4, -0.2) is 47.8 Å². The molecule has 3 aliphatic heterocycles. The Kier molecular flexibility index (Phi) is 2.55. The van der Waals surface area contributed by atoms with Gasteiger partial charge in [0, 0.05) is 5.70 Å². The maximum atomic E-state index is 6.22. The third-order valence-electron chi connectivity index (χ3n) is 4.40. The Morgan fingerprint density at radius 3 is 2.94 bits per heavy atom. The first-order chi connectivity index (χ1) is 8.11. The summed E-state index contributed by atoms with van der Waals surface area (Å²) in [5, 5.41) is 5.65. The van der Waals surface area contributed by atoms with Crippen molar-refractivity contribution in [2.75, 3.05) is 13.6 Å². The average Bonchev–Trinajstić information content (AvgIpc) is 2.68. The number of rotatable bonds is 0. The maximum absolute atomic E-state index is 6.22. The van der Waals surface area contributed by atoms with E-state index in [0.717, 1.165) is 13.0 Å². The van der Waals surface area contributed by atoms with Crippen molar-refractivity contribution in [2.24, 2.45) is 5.73 Å². The van der Waals surface area contributed by atoms with Gasteiger partial charge in [-0.25, -0.2) is 0 Å². The Hall–Kier alpha value is -0.820. The summed E-state index contributed by atoms with van der Waals surface area (Å²) in [5.74, 6) is 0.